The Labute approximate surface area is 193 Å². The molecule has 0 saturated carbocycles. The van der Waals surface area contributed by atoms with Gasteiger partial charge in [-0.25, -0.2) is 23.4 Å². The highest BCUT2D eigenvalue weighted by atomic mass is 32.2. The Morgan fingerprint density at radius 1 is 0.971 bits per heavy atom. The number of benzene rings is 2. The van der Waals surface area contributed by atoms with Crippen LogP contribution in [0.4, 0.5) is 11.6 Å². The zero-order valence-electron chi connectivity index (χ0n) is 18.1. The molecule has 5 rings (SSSR count). The number of hydrogen-bond donors (Lipinski definition) is 1. The van der Waals surface area contributed by atoms with Gasteiger partial charge in [-0.15, -0.1) is 5.10 Å². The summed E-state index contributed by atoms with van der Waals surface area (Å²) in [5, 5.41) is 8.04. The molecule has 0 atom stereocenters. The van der Waals surface area contributed by atoms with Crippen LogP contribution in [0.2, 0.25) is 0 Å². The smallest absolute Gasteiger partial charge is 0.293 e. The van der Waals surface area contributed by atoms with E-state index in [-0.39, 0.29) is 22.0 Å². The number of fused-ring (bicyclic) bond motifs is 3. The first-order chi connectivity index (χ1) is 16.3. The molecule has 5 aromatic rings. The van der Waals surface area contributed by atoms with Crippen molar-refractivity contribution in [3.63, 3.8) is 0 Å². The van der Waals surface area contributed by atoms with Crippen molar-refractivity contribution in [1.82, 2.24) is 24.6 Å². The lowest BCUT2D eigenvalue weighted by Crippen LogP contribution is -2.12. The average Bonchev–Trinajstić information content (AvgIpc) is 3.18. The minimum atomic E-state index is -3.60. The Bertz CT molecular complexity index is 1720. The lowest BCUT2D eigenvalue weighted by molar-refractivity contribution is 0.415. The molecule has 0 bridgehead atoms. The number of nitrogens with zero attached hydrogens (tertiary/aromatic N) is 5. The fourth-order valence-electron chi connectivity index (χ4n) is 3.52. The second-order valence-electron chi connectivity index (χ2n) is 7.43. The van der Waals surface area contributed by atoms with Crippen LogP contribution in [0.25, 0.3) is 27.9 Å². The van der Waals surface area contributed by atoms with Gasteiger partial charge in [0.2, 0.25) is 5.95 Å². The summed E-state index contributed by atoms with van der Waals surface area (Å²) in [6, 6.07) is 16.9. The zero-order chi connectivity index (χ0) is 23.9. The van der Waals surface area contributed by atoms with E-state index < -0.39 is 15.4 Å². The van der Waals surface area contributed by atoms with Crippen LogP contribution in [0.3, 0.4) is 0 Å². The van der Waals surface area contributed by atoms with E-state index >= 15 is 0 Å². The Hall–Kier alpha value is -4.38. The Morgan fingerprint density at radius 2 is 1.76 bits per heavy atom. The zero-order valence-corrected chi connectivity index (χ0v) is 18.9. The monoisotopic (exact) mass is 474 g/mol. The minimum absolute atomic E-state index is 0.0450. The highest BCUT2D eigenvalue weighted by Gasteiger charge is 2.20. The third-order valence-electron chi connectivity index (χ3n) is 5.14. The molecule has 0 spiro atoms. The standard InChI is InChI=1S/C23H18N6O4S/c1-33-15-11-9-14(10-12-15)20-27-21-16-6-5-8-18(34(2,31)32)19(16)26-23(29(21)28-20)25-17-7-3-4-13-24-22(17)30/h3-13H,1-2H3,(H,24,25,26,30). The summed E-state index contributed by atoms with van der Waals surface area (Å²) in [5.41, 5.74) is 0.961. The van der Waals surface area contributed by atoms with Crippen LogP contribution in [0.15, 0.2) is 76.6 Å². The molecule has 3 aromatic heterocycles. The van der Waals surface area contributed by atoms with Crippen LogP contribution in [0.1, 0.15) is 0 Å². The van der Waals surface area contributed by atoms with Crippen LogP contribution in [-0.4, -0.2) is 46.3 Å². The summed E-state index contributed by atoms with van der Waals surface area (Å²) in [4.78, 5) is 25.4. The van der Waals surface area contributed by atoms with Gasteiger partial charge in [0.1, 0.15) is 11.4 Å². The van der Waals surface area contributed by atoms with E-state index in [0.29, 0.717) is 22.6 Å². The van der Waals surface area contributed by atoms with E-state index in [4.69, 9.17) is 4.74 Å². The van der Waals surface area contributed by atoms with E-state index in [2.05, 4.69) is 25.4 Å². The summed E-state index contributed by atoms with van der Waals surface area (Å²) in [7, 11) is -2.02. The van der Waals surface area contributed by atoms with Crippen molar-refractivity contribution in [1.29, 1.82) is 0 Å². The van der Waals surface area contributed by atoms with Crippen LogP contribution in [-0.2, 0) is 9.84 Å². The average molecular weight is 475 g/mol. The SMILES string of the molecule is COc1ccc(-c2nc3c4cccc(S(C)(=O)=O)c4nc(Nc4ccccnc4=O)n3n2)cc1. The second kappa shape index (κ2) is 8.19. The molecule has 170 valence electrons. The van der Waals surface area contributed by atoms with E-state index in [1.165, 1.54) is 16.8 Å². The normalized spacial score (nSPS) is 11.6. The number of hydrogen-bond acceptors (Lipinski definition) is 9. The molecule has 3 heterocycles. The number of nitrogens with one attached hydrogen (secondary N) is 1. The van der Waals surface area contributed by atoms with Gasteiger partial charge in [0.25, 0.3) is 5.56 Å². The first-order valence-corrected chi connectivity index (χ1v) is 12.0. The maximum absolute atomic E-state index is 12.5. The van der Waals surface area contributed by atoms with Gasteiger partial charge in [0, 0.05) is 23.4 Å². The topological polar surface area (TPSA) is 128 Å². The molecule has 34 heavy (non-hydrogen) atoms. The molecule has 0 aliphatic rings. The molecule has 0 unspecified atom stereocenters. The molecule has 0 radical (unpaired) electrons. The number of methoxy groups -OCH3 is 1. The molecule has 0 fully saturated rings. The van der Waals surface area contributed by atoms with Crippen LogP contribution < -0.4 is 15.6 Å². The maximum Gasteiger partial charge on any atom is 0.293 e. The Balaban J connectivity index is 1.81. The summed E-state index contributed by atoms with van der Waals surface area (Å²) < 4.78 is 31.6. The van der Waals surface area contributed by atoms with Crippen molar-refractivity contribution in [2.24, 2.45) is 0 Å². The highest BCUT2D eigenvalue weighted by molar-refractivity contribution is 7.91. The third kappa shape index (κ3) is 3.82. The molecule has 2 aromatic carbocycles. The first-order valence-electron chi connectivity index (χ1n) is 10.1. The minimum Gasteiger partial charge on any atom is -0.497 e. The molecule has 11 heteroatoms. The summed E-state index contributed by atoms with van der Waals surface area (Å²) in [6.45, 7) is 0. The van der Waals surface area contributed by atoms with Gasteiger partial charge in [-0.2, -0.15) is 4.52 Å². The fraction of sp³-hybridized carbons (Fsp3) is 0.0870. The number of rotatable bonds is 5. The number of para-hydroxylation sites is 1. The highest BCUT2D eigenvalue weighted by Crippen LogP contribution is 2.29. The molecular weight excluding hydrogens is 456 g/mol. The molecule has 0 saturated heterocycles. The number of aromatic nitrogens is 5. The summed E-state index contributed by atoms with van der Waals surface area (Å²) >= 11 is 0. The number of anilines is 2. The first kappa shape index (κ1) is 21.5. The van der Waals surface area contributed by atoms with E-state index in [9.17, 15) is 13.2 Å². The van der Waals surface area contributed by atoms with E-state index in [1.54, 1.807) is 49.6 Å². The Kier molecular flexibility index (Phi) is 5.17. The van der Waals surface area contributed by atoms with Gasteiger partial charge >= 0.3 is 0 Å². The molecule has 0 aliphatic carbocycles. The van der Waals surface area contributed by atoms with Crippen LogP contribution in [0, 0.1) is 0 Å². The van der Waals surface area contributed by atoms with Crippen LogP contribution >= 0.6 is 0 Å². The number of sulfone groups is 1. The van der Waals surface area contributed by atoms with Crippen molar-refractivity contribution in [2.45, 2.75) is 4.90 Å². The predicted octanol–water partition coefficient (Wildman–Crippen LogP) is 2.86. The van der Waals surface area contributed by atoms with E-state index in [1.807, 2.05) is 12.1 Å². The lowest BCUT2D eigenvalue weighted by Gasteiger charge is -2.10. The fourth-order valence-corrected chi connectivity index (χ4v) is 4.35. The van der Waals surface area contributed by atoms with Gasteiger partial charge in [0.15, 0.2) is 21.3 Å². The third-order valence-corrected chi connectivity index (χ3v) is 6.27. The Morgan fingerprint density at radius 3 is 2.50 bits per heavy atom. The van der Waals surface area contributed by atoms with Crippen molar-refractivity contribution in [3.05, 3.63) is 77.2 Å². The van der Waals surface area contributed by atoms with Crippen molar-refractivity contribution >= 4 is 38.0 Å². The summed E-state index contributed by atoms with van der Waals surface area (Å²) in [5.74, 6) is 1.20. The molecule has 1 N–H and O–H groups in total. The lowest BCUT2D eigenvalue weighted by atomic mass is 10.2. The largest absolute Gasteiger partial charge is 0.497 e. The number of ether oxygens (including phenoxy) is 1. The van der Waals surface area contributed by atoms with Crippen LogP contribution in [0.5, 0.6) is 5.75 Å². The van der Waals surface area contributed by atoms with Crippen molar-refractivity contribution in [2.75, 3.05) is 18.7 Å². The van der Waals surface area contributed by atoms with Crippen molar-refractivity contribution in [3.8, 4) is 17.1 Å². The quantitative estimate of drug-likeness (QED) is 0.409. The van der Waals surface area contributed by atoms with Crippen molar-refractivity contribution < 1.29 is 13.2 Å². The van der Waals surface area contributed by atoms with E-state index in [0.717, 1.165) is 11.8 Å². The van der Waals surface area contributed by atoms with Gasteiger partial charge in [0.05, 0.1) is 17.5 Å². The van der Waals surface area contributed by atoms with Gasteiger partial charge in [-0.05, 0) is 48.5 Å². The van der Waals surface area contributed by atoms with Gasteiger partial charge in [-0.1, -0.05) is 12.1 Å². The second-order valence-corrected chi connectivity index (χ2v) is 9.42. The van der Waals surface area contributed by atoms with Gasteiger partial charge < -0.3 is 10.1 Å². The predicted molar refractivity (Wildman–Crippen MR) is 127 cm³/mol. The summed E-state index contributed by atoms with van der Waals surface area (Å²) in [6.07, 6.45) is 2.50. The maximum atomic E-state index is 12.5. The molecule has 0 aliphatic heterocycles. The molecule has 0 amide bonds. The molecule has 10 nitrogen and oxygen atoms in total. The molecular formula is C23H18N6O4S. The van der Waals surface area contributed by atoms with Gasteiger partial charge in [-0.3, -0.25) is 4.79 Å².